The quantitative estimate of drug-likeness (QED) is 0.870. The van der Waals surface area contributed by atoms with Crippen molar-refractivity contribution in [2.24, 2.45) is 0 Å². The second-order valence-electron chi connectivity index (χ2n) is 6.06. The van der Waals surface area contributed by atoms with Crippen molar-refractivity contribution >= 4 is 24.4 Å². The van der Waals surface area contributed by atoms with Crippen molar-refractivity contribution in [2.75, 3.05) is 11.9 Å². The van der Waals surface area contributed by atoms with Gasteiger partial charge in [-0.25, -0.2) is 4.79 Å². The largest absolute Gasteiger partial charge is 0.494 e. The van der Waals surface area contributed by atoms with E-state index in [1.807, 2.05) is 45.9 Å². The van der Waals surface area contributed by atoms with E-state index in [-0.39, 0.29) is 11.2 Å². The van der Waals surface area contributed by atoms with Gasteiger partial charge in [-0.2, -0.15) is 0 Å². The Hall–Kier alpha value is -1.53. The van der Waals surface area contributed by atoms with Gasteiger partial charge in [0, 0.05) is 5.69 Å². The number of rotatable bonds is 3. The number of hydrogen-bond acceptors (Lipinski definition) is 4. The van der Waals surface area contributed by atoms with Gasteiger partial charge in [0.25, 0.3) is 0 Å². The molecule has 1 aliphatic rings. The second kappa shape index (κ2) is 5.69. The highest BCUT2D eigenvalue weighted by atomic mass is 16.7. The molecule has 1 heterocycles. The van der Waals surface area contributed by atoms with Crippen LogP contribution >= 0.6 is 0 Å². The molecule has 0 aliphatic carbocycles. The van der Waals surface area contributed by atoms with Crippen LogP contribution in [-0.2, 0) is 14.0 Å². The van der Waals surface area contributed by atoms with Crippen molar-refractivity contribution in [3.8, 4) is 0 Å². The van der Waals surface area contributed by atoms with Gasteiger partial charge in [-0.3, -0.25) is 5.32 Å². The summed E-state index contributed by atoms with van der Waals surface area (Å²) in [7, 11) is -0.445. The molecule has 1 fully saturated rings. The number of ether oxygens (including phenoxy) is 1. The summed E-state index contributed by atoms with van der Waals surface area (Å²) in [5.74, 6) is 0. The predicted octanol–water partition coefficient (Wildman–Crippen LogP) is 2.55. The average Bonchev–Trinajstić information content (AvgIpc) is 2.59. The second-order valence-corrected chi connectivity index (χ2v) is 6.06. The van der Waals surface area contributed by atoms with Crippen LogP contribution in [0.15, 0.2) is 24.3 Å². The molecule has 2 rings (SSSR count). The summed E-state index contributed by atoms with van der Waals surface area (Å²) in [5.41, 5.74) is 0.744. The number of nitrogens with one attached hydrogen (secondary N) is 1. The maximum atomic E-state index is 11.5. The number of amides is 1. The first-order valence-corrected chi connectivity index (χ1v) is 7.14. The zero-order valence-electron chi connectivity index (χ0n) is 13.2. The van der Waals surface area contributed by atoms with Gasteiger partial charge >= 0.3 is 13.2 Å². The van der Waals surface area contributed by atoms with Crippen molar-refractivity contribution in [1.82, 2.24) is 0 Å². The molecular formula is C15H22BNO4. The Morgan fingerprint density at radius 3 is 2.43 bits per heavy atom. The molecule has 0 radical (unpaired) electrons. The smallest absolute Gasteiger partial charge is 0.450 e. The molecule has 1 N–H and O–H groups in total. The zero-order chi connectivity index (χ0) is 15.7. The predicted molar refractivity (Wildman–Crippen MR) is 82.8 cm³/mol. The maximum absolute atomic E-state index is 11.5. The standard InChI is InChI=1S/C15H22BNO4/c1-6-19-13(18)17-12-9-7-8-11(10-12)16-20-14(2,3)15(4,5)21-16/h7-10H,6H2,1-5H3,(H,17,18). The van der Waals surface area contributed by atoms with Crippen molar-refractivity contribution in [3.63, 3.8) is 0 Å². The van der Waals surface area contributed by atoms with Crippen molar-refractivity contribution in [2.45, 2.75) is 45.8 Å². The lowest BCUT2D eigenvalue weighted by molar-refractivity contribution is 0.00578. The summed E-state index contributed by atoms with van der Waals surface area (Å²) < 4.78 is 16.8. The van der Waals surface area contributed by atoms with Gasteiger partial charge in [-0.05, 0) is 52.2 Å². The monoisotopic (exact) mass is 291 g/mol. The summed E-state index contributed by atoms with van der Waals surface area (Å²) in [5, 5.41) is 2.68. The van der Waals surface area contributed by atoms with Crippen LogP contribution in [0.4, 0.5) is 10.5 Å². The van der Waals surface area contributed by atoms with Crippen LogP contribution in [0.1, 0.15) is 34.6 Å². The number of anilines is 1. The van der Waals surface area contributed by atoms with Gasteiger partial charge in [0.05, 0.1) is 17.8 Å². The van der Waals surface area contributed by atoms with E-state index >= 15 is 0 Å². The Kier molecular flexibility index (Phi) is 4.30. The van der Waals surface area contributed by atoms with Gasteiger partial charge in [-0.15, -0.1) is 0 Å². The number of benzene rings is 1. The molecule has 0 bridgehead atoms. The van der Waals surface area contributed by atoms with Crippen LogP contribution in [-0.4, -0.2) is 31.0 Å². The van der Waals surface area contributed by atoms with E-state index in [1.54, 1.807) is 13.0 Å². The minimum absolute atomic E-state index is 0.336. The van der Waals surface area contributed by atoms with E-state index in [4.69, 9.17) is 14.0 Å². The summed E-state index contributed by atoms with van der Waals surface area (Å²) >= 11 is 0. The molecule has 0 aromatic heterocycles. The zero-order valence-corrected chi connectivity index (χ0v) is 13.2. The molecule has 1 aliphatic heterocycles. The fourth-order valence-electron chi connectivity index (χ4n) is 2.03. The molecular weight excluding hydrogens is 269 g/mol. The Morgan fingerprint density at radius 2 is 1.86 bits per heavy atom. The first-order chi connectivity index (χ1) is 9.75. The van der Waals surface area contributed by atoms with E-state index in [2.05, 4.69) is 5.32 Å². The normalized spacial score (nSPS) is 19.4. The van der Waals surface area contributed by atoms with E-state index in [0.29, 0.717) is 12.3 Å². The van der Waals surface area contributed by atoms with E-state index in [9.17, 15) is 4.79 Å². The van der Waals surface area contributed by atoms with Crippen LogP contribution < -0.4 is 10.8 Å². The molecule has 0 atom stereocenters. The average molecular weight is 291 g/mol. The van der Waals surface area contributed by atoms with Gasteiger partial charge < -0.3 is 14.0 Å². The van der Waals surface area contributed by atoms with Crippen molar-refractivity contribution < 1.29 is 18.8 Å². The van der Waals surface area contributed by atoms with Crippen LogP contribution in [0.2, 0.25) is 0 Å². The van der Waals surface area contributed by atoms with Crippen molar-refractivity contribution in [1.29, 1.82) is 0 Å². The van der Waals surface area contributed by atoms with Gasteiger partial charge in [0.2, 0.25) is 0 Å². The SMILES string of the molecule is CCOC(=O)Nc1cccc(B2OC(C)(C)C(C)(C)O2)c1. The van der Waals surface area contributed by atoms with Crippen LogP contribution in [0, 0.1) is 0 Å². The molecule has 0 spiro atoms. The van der Waals surface area contributed by atoms with Crippen molar-refractivity contribution in [3.05, 3.63) is 24.3 Å². The van der Waals surface area contributed by atoms with E-state index in [1.165, 1.54) is 0 Å². The first kappa shape index (κ1) is 15.9. The van der Waals surface area contributed by atoms with Crippen LogP contribution in [0.5, 0.6) is 0 Å². The van der Waals surface area contributed by atoms with Crippen LogP contribution in [0.25, 0.3) is 0 Å². The molecule has 21 heavy (non-hydrogen) atoms. The summed E-state index contributed by atoms with van der Waals surface area (Å²) in [4.78, 5) is 11.5. The summed E-state index contributed by atoms with van der Waals surface area (Å²) in [6.07, 6.45) is -0.469. The highest BCUT2D eigenvalue weighted by Gasteiger charge is 2.51. The fraction of sp³-hybridized carbons (Fsp3) is 0.533. The topological polar surface area (TPSA) is 56.8 Å². The van der Waals surface area contributed by atoms with E-state index in [0.717, 1.165) is 5.46 Å². The lowest BCUT2D eigenvalue weighted by Gasteiger charge is -2.32. The lowest BCUT2D eigenvalue weighted by atomic mass is 9.79. The van der Waals surface area contributed by atoms with Gasteiger partial charge in [0.15, 0.2) is 0 Å². The Bertz CT molecular complexity index is 514. The van der Waals surface area contributed by atoms with Gasteiger partial charge in [0.1, 0.15) is 0 Å². The Balaban J connectivity index is 2.14. The summed E-state index contributed by atoms with van der Waals surface area (Å²) in [6.45, 7) is 10.1. The fourth-order valence-corrected chi connectivity index (χ4v) is 2.03. The van der Waals surface area contributed by atoms with Gasteiger partial charge in [-0.1, -0.05) is 12.1 Å². The number of carbonyl (C=O) groups is 1. The summed E-state index contributed by atoms with van der Waals surface area (Å²) in [6, 6.07) is 7.39. The minimum Gasteiger partial charge on any atom is -0.450 e. The molecule has 0 saturated carbocycles. The molecule has 6 heteroatoms. The maximum Gasteiger partial charge on any atom is 0.494 e. The third kappa shape index (κ3) is 3.39. The Morgan fingerprint density at radius 1 is 1.24 bits per heavy atom. The number of carbonyl (C=O) groups excluding carboxylic acids is 1. The minimum atomic E-state index is -0.469. The third-order valence-electron chi connectivity index (χ3n) is 3.93. The highest BCUT2D eigenvalue weighted by Crippen LogP contribution is 2.36. The molecule has 1 aromatic carbocycles. The molecule has 0 unspecified atom stereocenters. The van der Waals surface area contributed by atoms with Crippen LogP contribution in [0.3, 0.4) is 0 Å². The molecule has 1 amide bonds. The molecule has 5 nitrogen and oxygen atoms in total. The highest BCUT2D eigenvalue weighted by molar-refractivity contribution is 6.62. The van der Waals surface area contributed by atoms with E-state index < -0.39 is 13.2 Å². The lowest BCUT2D eigenvalue weighted by Crippen LogP contribution is -2.41. The number of hydrogen-bond donors (Lipinski definition) is 1. The molecule has 114 valence electrons. The first-order valence-electron chi connectivity index (χ1n) is 7.14. The molecule has 1 saturated heterocycles. The third-order valence-corrected chi connectivity index (χ3v) is 3.93. The molecule has 1 aromatic rings. The Labute approximate surface area is 126 Å².